The predicted molar refractivity (Wildman–Crippen MR) is 154 cm³/mol. The third-order valence-electron chi connectivity index (χ3n) is 9.08. The largest absolute Gasteiger partial charge is 0.504 e. The van der Waals surface area contributed by atoms with Crippen molar-refractivity contribution in [2.45, 2.75) is 36.0 Å². The summed E-state index contributed by atoms with van der Waals surface area (Å²) in [4.78, 5) is 57.6. The van der Waals surface area contributed by atoms with Crippen LogP contribution in [0.5, 0.6) is 11.5 Å². The standard InChI is InChI=1S/C30H29N3O6S2/c1-2-39-19-12-14(8-9-18(19)34)21-22-16-13-17(25(22)40-27-26(21)41-30(38)32-27)24-23(16)28(36)33(29(24)37)11-10-20(35)31-15-6-4-3-5-7-15/h3-9,12,16-17,21-25,34H,2,10-11,13H2,1H3,(H,31,35)(H,32,38). The van der Waals surface area contributed by atoms with Gasteiger partial charge in [0.05, 0.1) is 23.5 Å². The number of phenolic OH excluding ortho intramolecular Hbond substituents is 1. The molecule has 2 aliphatic carbocycles. The molecule has 0 spiro atoms. The molecule has 2 aromatic carbocycles. The van der Waals surface area contributed by atoms with Gasteiger partial charge in [-0.1, -0.05) is 35.6 Å². The first-order valence-corrected chi connectivity index (χ1v) is 15.6. The molecule has 2 aliphatic heterocycles. The lowest BCUT2D eigenvalue weighted by atomic mass is 9.68. The van der Waals surface area contributed by atoms with Gasteiger partial charge in [0, 0.05) is 34.7 Å². The van der Waals surface area contributed by atoms with Crippen LogP contribution in [0.15, 0.2) is 58.4 Å². The van der Waals surface area contributed by atoms with Gasteiger partial charge in [0.25, 0.3) is 0 Å². The van der Waals surface area contributed by atoms with E-state index in [-0.39, 0.29) is 70.2 Å². The van der Waals surface area contributed by atoms with Gasteiger partial charge in [0.1, 0.15) is 0 Å². The van der Waals surface area contributed by atoms with Crippen molar-refractivity contribution in [3.05, 3.63) is 68.6 Å². The Balaban J connectivity index is 1.17. The molecule has 212 valence electrons. The third kappa shape index (κ3) is 4.20. The van der Waals surface area contributed by atoms with Crippen molar-refractivity contribution in [1.29, 1.82) is 0 Å². The van der Waals surface area contributed by atoms with Crippen LogP contribution in [0.25, 0.3) is 0 Å². The number of anilines is 1. The number of hydrogen-bond donors (Lipinski definition) is 3. The number of aromatic hydroxyl groups is 1. The van der Waals surface area contributed by atoms with E-state index in [1.807, 2.05) is 37.3 Å². The Labute approximate surface area is 244 Å². The summed E-state index contributed by atoms with van der Waals surface area (Å²) >= 11 is 2.82. The lowest BCUT2D eigenvalue weighted by Crippen LogP contribution is -2.42. The maximum atomic E-state index is 13.8. The Kier molecular flexibility index (Phi) is 6.46. The number of phenols is 1. The smallest absolute Gasteiger partial charge is 0.305 e. The second-order valence-electron chi connectivity index (χ2n) is 11.1. The number of amides is 3. The molecule has 7 atom stereocenters. The predicted octanol–water partition coefficient (Wildman–Crippen LogP) is 4.04. The Morgan fingerprint density at radius 3 is 2.61 bits per heavy atom. The SMILES string of the molecule is CCOc1cc(C2c3sc(=O)[nH]c3SC3C4CC(C5C(=O)N(CCC(=O)Nc6ccccc6)C(=O)C45)C23)ccc1O. The van der Waals surface area contributed by atoms with E-state index in [0.717, 1.165) is 21.9 Å². The average Bonchev–Trinajstić information content (AvgIpc) is 3.69. The second kappa shape index (κ2) is 10.1. The zero-order chi connectivity index (χ0) is 28.4. The minimum absolute atomic E-state index is 0.00197. The van der Waals surface area contributed by atoms with E-state index in [4.69, 9.17) is 4.74 Å². The molecule has 3 aromatic rings. The van der Waals surface area contributed by atoms with Gasteiger partial charge in [-0.25, -0.2) is 0 Å². The summed E-state index contributed by atoms with van der Waals surface area (Å²) in [5.41, 5.74) is 1.60. The number of H-pyrrole nitrogens is 1. The average molecular weight is 592 g/mol. The Morgan fingerprint density at radius 2 is 1.85 bits per heavy atom. The number of hydrogen-bond acceptors (Lipinski definition) is 8. The minimum atomic E-state index is -0.422. The first-order valence-electron chi connectivity index (χ1n) is 13.9. The number of rotatable bonds is 7. The van der Waals surface area contributed by atoms with E-state index >= 15 is 0 Å². The summed E-state index contributed by atoms with van der Waals surface area (Å²) < 4.78 is 5.67. The Morgan fingerprint density at radius 1 is 1.10 bits per heavy atom. The van der Waals surface area contributed by atoms with Crippen LogP contribution < -0.4 is 14.9 Å². The maximum Gasteiger partial charge on any atom is 0.305 e. The number of thiazole rings is 1. The summed E-state index contributed by atoms with van der Waals surface area (Å²) in [7, 11) is 0. The molecule has 2 bridgehead atoms. The van der Waals surface area contributed by atoms with Gasteiger partial charge < -0.3 is 20.1 Å². The Bertz CT molecular complexity index is 1600. The number of benzene rings is 2. The van der Waals surface area contributed by atoms with E-state index < -0.39 is 11.8 Å². The van der Waals surface area contributed by atoms with Crippen LogP contribution in [-0.4, -0.2) is 51.1 Å². The fraction of sp³-hybridized carbons (Fsp3) is 0.400. The lowest BCUT2D eigenvalue weighted by molar-refractivity contribution is -0.141. The van der Waals surface area contributed by atoms with Gasteiger partial charge in [-0.05, 0) is 60.9 Å². The van der Waals surface area contributed by atoms with Crippen molar-refractivity contribution >= 4 is 46.5 Å². The van der Waals surface area contributed by atoms with Crippen LogP contribution >= 0.6 is 23.1 Å². The van der Waals surface area contributed by atoms with E-state index in [2.05, 4.69) is 10.3 Å². The number of carbonyl (C=O) groups excluding carboxylic acids is 3. The number of thioether (sulfide) groups is 1. The molecule has 3 fully saturated rings. The molecule has 0 radical (unpaired) electrons. The highest BCUT2D eigenvalue weighted by molar-refractivity contribution is 8.00. The highest BCUT2D eigenvalue weighted by Crippen LogP contribution is 2.68. The number of nitrogens with one attached hydrogen (secondary N) is 2. The van der Waals surface area contributed by atoms with Crippen LogP contribution in [0.1, 0.15) is 36.1 Å². The van der Waals surface area contributed by atoms with Crippen molar-refractivity contribution in [2.75, 3.05) is 18.5 Å². The summed E-state index contributed by atoms with van der Waals surface area (Å²) in [5.74, 6) is -1.13. The molecule has 3 amide bonds. The topological polar surface area (TPSA) is 129 Å². The summed E-state index contributed by atoms with van der Waals surface area (Å²) in [5, 5.41) is 14.1. The van der Waals surface area contributed by atoms with Gasteiger partial charge in [-0.2, -0.15) is 0 Å². The third-order valence-corrected chi connectivity index (χ3v) is 11.7. The molecule has 3 heterocycles. The van der Waals surface area contributed by atoms with Gasteiger partial charge in [-0.15, -0.1) is 11.8 Å². The van der Waals surface area contributed by atoms with Crippen LogP contribution in [-0.2, 0) is 14.4 Å². The number of ether oxygens (including phenoxy) is 1. The molecule has 1 aromatic heterocycles. The fourth-order valence-corrected chi connectivity index (χ4v) is 10.5. The van der Waals surface area contributed by atoms with Crippen molar-refractivity contribution < 1.29 is 24.2 Å². The normalized spacial score (nSPS) is 29.3. The molecule has 2 saturated carbocycles. The Hall–Kier alpha value is -3.57. The van der Waals surface area contributed by atoms with Gasteiger partial charge in [-0.3, -0.25) is 24.1 Å². The number of carbonyl (C=O) groups is 3. The number of nitrogens with zero attached hydrogens (tertiary/aromatic N) is 1. The van der Waals surface area contributed by atoms with Gasteiger partial charge in [0.2, 0.25) is 17.7 Å². The molecule has 7 rings (SSSR count). The van der Waals surface area contributed by atoms with E-state index in [0.29, 0.717) is 18.0 Å². The van der Waals surface area contributed by atoms with E-state index in [1.54, 1.807) is 30.0 Å². The molecule has 9 nitrogen and oxygen atoms in total. The summed E-state index contributed by atoms with van der Waals surface area (Å²) in [6.45, 7) is 2.31. The van der Waals surface area contributed by atoms with Crippen LogP contribution in [0.3, 0.4) is 0 Å². The van der Waals surface area contributed by atoms with Crippen molar-refractivity contribution in [3.8, 4) is 11.5 Å². The fourth-order valence-electron chi connectivity index (χ4n) is 7.63. The molecule has 41 heavy (non-hydrogen) atoms. The number of aromatic nitrogens is 1. The monoisotopic (exact) mass is 591 g/mol. The minimum Gasteiger partial charge on any atom is -0.504 e. The van der Waals surface area contributed by atoms with Gasteiger partial charge in [0.15, 0.2) is 11.5 Å². The zero-order valence-corrected chi connectivity index (χ0v) is 23.9. The molecular weight excluding hydrogens is 562 g/mol. The first kappa shape index (κ1) is 26.3. The quantitative estimate of drug-likeness (QED) is 0.354. The van der Waals surface area contributed by atoms with Crippen LogP contribution in [0, 0.1) is 29.6 Å². The van der Waals surface area contributed by atoms with Crippen LogP contribution in [0.4, 0.5) is 5.69 Å². The lowest BCUT2D eigenvalue weighted by Gasteiger charge is -2.43. The van der Waals surface area contributed by atoms with E-state index in [9.17, 15) is 24.3 Å². The summed E-state index contributed by atoms with van der Waals surface area (Å²) in [6, 6.07) is 14.4. The van der Waals surface area contributed by atoms with E-state index in [1.165, 1.54) is 16.2 Å². The number of para-hydroxylation sites is 1. The molecule has 3 N–H and O–H groups in total. The maximum absolute atomic E-state index is 13.8. The van der Waals surface area contributed by atoms with Crippen molar-refractivity contribution in [1.82, 2.24) is 9.88 Å². The first-order chi connectivity index (χ1) is 19.9. The molecule has 11 heteroatoms. The van der Waals surface area contributed by atoms with Crippen molar-refractivity contribution in [2.24, 2.45) is 29.6 Å². The molecule has 4 aliphatic rings. The van der Waals surface area contributed by atoms with Crippen molar-refractivity contribution in [3.63, 3.8) is 0 Å². The zero-order valence-electron chi connectivity index (χ0n) is 22.2. The molecule has 1 saturated heterocycles. The highest BCUT2D eigenvalue weighted by atomic mass is 32.2. The number of fused-ring (bicyclic) bond motifs is 9. The number of aromatic amines is 1. The molecular formula is C30H29N3O6S2. The molecule has 7 unspecified atom stereocenters. The van der Waals surface area contributed by atoms with Crippen LogP contribution in [0.2, 0.25) is 0 Å². The number of likely N-dealkylation sites (tertiary alicyclic amines) is 1. The second-order valence-corrected chi connectivity index (χ2v) is 13.3. The van der Waals surface area contributed by atoms with Gasteiger partial charge >= 0.3 is 4.87 Å². The highest BCUT2D eigenvalue weighted by Gasteiger charge is 2.69. The number of imide groups is 1. The summed E-state index contributed by atoms with van der Waals surface area (Å²) in [6.07, 6.45) is 0.821.